The number of halogens is 1. The summed E-state index contributed by atoms with van der Waals surface area (Å²) in [6.45, 7) is 5.39. The predicted molar refractivity (Wildman–Crippen MR) is 75.5 cm³/mol. The Morgan fingerprint density at radius 2 is 2.05 bits per heavy atom. The maximum atomic E-state index is 13.2. The first-order valence-corrected chi connectivity index (χ1v) is 6.65. The zero-order chi connectivity index (χ0) is 14.5. The van der Waals surface area contributed by atoms with Crippen LogP contribution in [0.25, 0.3) is 0 Å². The lowest BCUT2D eigenvalue weighted by Gasteiger charge is -2.32. The summed E-state index contributed by atoms with van der Waals surface area (Å²) in [5.41, 5.74) is 0.147. The van der Waals surface area contributed by atoms with Crippen molar-refractivity contribution in [3.63, 3.8) is 0 Å². The van der Waals surface area contributed by atoms with Gasteiger partial charge < -0.3 is 10.2 Å². The molecule has 1 N–H and O–H groups in total. The predicted octanol–water partition coefficient (Wildman–Crippen LogP) is 1.39. The Kier molecular flexibility index (Phi) is 4.86. The number of anilines is 1. The van der Waals surface area contributed by atoms with E-state index in [1.54, 1.807) is 0 Å². The van der Waals surface area contributed by atoms with Crippen LogP contribution in [0.1, 0.15) is 0 Å². The molecule has 1 saturated heterocycles. The molecule has 1 fully saturated rings. The molecule has 1 heterocycles. The first-order chi connectivity index (χ1) is 9.56. The van der Waals surface area contributed by atoms with Crippen LogP contribution >= 0.6 is 0 Å². The van der Waals surface area contributed by atoms with Crippen molar-refractivity contribution >= 4 is 11.4 Å². The number of rotatable bonds is 5. The van der Waals surface area contributed by atoms with Gasteiger partial charge in [0.15, 0.2) is 0 Å². The molecule has 0 unspecified atom stereocenters. The van der Waals surface area contributed by atoms with Gasteiger partial charge in [-0.15, -0.1) is 0 Å². The first kappa shape index (κ1) is 14.7. The van der Waals surface area contributed by atoms with Crippen molar-refractivity contribution in [2.45, 2.75) is 0 Å². The lowest BCUT2D eigenvalue weighted by molar-refractivity contribution is -0.384. The third-order valence-corrected chi connectivity index (χ3v) is 3.49. The van der Waals surface area contributed by atoms with Gasteiger partial charge in [-0.25, -0.2) is 4.39 Å². The van der Waals surface area contributed by atoms with Crippen LogP contribution in [0, 0.1) is 15.9 Å². The van der Waals surface area contributed by atoms with E-state index in [-0.39, 0.29) is 11.4 Å². The van der Waals surface area contributed by atoms with E-state index in [0.29, 0.717) is 6.54 Å². The fourth-order valence-electron chi connectivity index (χ4n) is 2.23. The molecule has 20 heavy (non-hydrogen) atoms. The van der Waals surface area contributed by atoms with Crippen molar-refractivity contribution in [3.8, 4) is 0 Å². The van der Waals surface area contributed by atoms with E-state index in [1.165, 1.54) is 12.1 Å². The lowest BCUT2D eigenvalue weighted by Crippen LogP contribution is -2.45. The highest BCUT2D eigenvalue weighted by Gasteiger charge is 2.16. The molecule has 6 nitrogen and oxygen atoms in total. The normalized spacial score (nSPS) is 17.1. The van der Waals surface area contributed by atoms with Crippen LogP contribution in [0.2, 0.25) is 0 Å². The molecule has 0 aliphatic carbocycles. The van der Waals surface area contributed by atoms with Crippen LogP contribution in [-0.4, -0.2) is 61.0 Å². The molecular weight excluding hydrogens is 263 g/mol. The van der Waals surface area contributed by atoms with E-state index >= 15 is 0 Å². The summed E-state index contributed by atoms with van der Waals surface area (Å²) in [6.07, 6.45) is 0. The van der Waals surface area contributed by atoms with Gasteiger partial charge in [0.05, 0.1) is 4.92 Å². The van der Waals surface area contributed by atoms with Crippen molar-refractivity contribution in [1.29, 1.82) is 0 Å². The quantitative estimate of drug-likeness (QED) is 0.653. The average Bonchev–Trinajstić information content (AvgIpc) is 2.41. The summed E-state index contributed by atoms with van der Waals surface area (Å²) in [5, 5.41) is 13.8. The van der Waals surface area contributed by atoms with E-state index in [1.807, 2.05) is 0 Å². The van der Waals surface area contributed by atoms with Crippen LogP contribution in [0.5, 0.6) is 0 Å². The van der Waals surface area contributed by atoms with Crippen LogP contribution < -0.4 is 5.32 Å². The van der Waals surface area contributed by atoms with Gasteiger partial charge in [0, 0.05) is 51.4 Å². The van der Waals surface area contributed by atoms with Crippen LogP contribution in [-0.2, 0) is 0 Å². The zero-order valence-corrected chi connectivity index (χ0v) is 11.5. The zero-order valence-electron chi connectivity index (χ0n) is 11.5. The molecule has 0 amide bonds. The maximum Gasteiger partial charge on any atom is 0.292 e. The second-order valence-electron chi connectivity index (χ2n) is 4.99. The smallest absolute Gasteiger partial charge is 0.292 e. The SMILES string of the molecule is CN1CCN(CCNc2cc(F)ccc2[N+](=O)[O-])CC1. The highest BCUT2D eigenvalue weighted by Crippen LogP contribution is 2.24. The van der Waals surface area contributed by atoms with Crippen LogP contribution in [0.4, 0.5) is 15.8 Å². The number of hydrogen-bond acceptors (Lipinski definition) is 5. The monoisotopic (exact) mass is 282 g/mol. The Bertz CT molecular complexity index is 475. The summed E-state index contributed by atoms with van der Waals surface area (Å²) in [6, 6.07) is 3.46. The number of nitrogens with one attached hydrogen (secondary N) is 1. The number of benzene rings is 1. The van der Waals surface area contributed by atoms with Gasteiger partial charge in [-0.1, -0.05) is 0 Å². The number of likely N-dealkylation sites (N-methyl/N-ethyl adjacent to an activating group) is 1. The van der Waals surface area contributed by atoms with Crippen molar-refractivity contribution < 1.29 is 9.31 Å². The highest BCUT2D eigenvalue weighted by molar-refractivity contribution is 5.61. The van der Waals surface area contributed by atoms with E-state index in [9.17, 15) is 14.5 Å². The molecular formula is C13H19FN4O2. The standard InChI is InChI=1S/C13H19FN4O2/c1-16-6-8-17(9-7-16)5-4-15-12-10-11(14)2-3-13(12)18(19)20/h2-3,10,15H,4-9H2,1H3. The molecule has 2 rings (SSSR count). The Morgan fingerprint density at radius 3 is 2.70 bits per heavy atom. The molecule has 0 saturated carbocycles. The van der Waals surface area contributed by atoms with Gasteiger partial charge in [0.1, 0.15) is 11.5 Å². The fraction of sp³-hybridized carbons (Fsp3) is 0.538. The number of piperazine rings is 1. The van der Waals surface area contributed by atoms with Gasteiger partial charge in [-0.05, 0) is 13.1 Å². The van der Waals surface area contributed by atoms with E-state index in [0.717, 1.165) is 38.8 Å². The van der Waals surface area contributed by atoms with Gasteiger partial charge in [0.2, 0.25) is 0 Å². The van der Waals surface area contributed by atoms with Crippen molar-refractivity contribution in [2.75, 3.05) is 51.6 Å². The van der Waals surface area contributed by atoms with E-state index in [2.05, 4.69) is 22.2 Å². The molecule has 7 heteroatoms. The summed E-state index contributed by atoms with van der Waals surface area (Å²) in [4.78, 5) is 14.9. The maximum absolute atomic E-state index is 13.2. The van der Waals surface area contributed by atoms with Gasteiger partial charge in [-0.3, -0.25) is 15.0 Å². The third kappa shape index (κ3) is 3.88. The molecule has 1 aromatic rings. The van der Waals surface area contributed by atoms with E-state index in [4.69, 9.17) is 0 Å². The van der Waals surface area contributed by atoms with Crippen molar-refractivity contribution in [2.24, 2.45) is 0 Å². The largest absolute Gasteiger partial charge is 0.378 e. The molecule has 1 aliphatic rings. The molecule has 0 spiro atoms. The second-order valence-corrected chi connectivity index (χ2v) is 4.99. The topological polar surface area (TPSA) is 61.6 Å². The summed E-state index contributed by atoms with van der Waals surface area (Å²) >= 11 is 0. The molecule has 0 atom stereocenters. The van der Waals surface area contributed by atoms with Crippen molar-refractivity contribution in [1.82, 2.24) is 9.80 Å². The number of nitro benzene ring substituents is 1. The number of hydrogen-bond donors (Lipinski definition) is 1. The minimum absolute atomic E-state index is 0.0928. The summed E-state index contributed by atoms with van der Waals surface area (Å²) < 4.78 is 13.2. The summed E-state index contributed by atoms with van der Waals surface area (Å²) in [7, 11) is 2.09. The molecule has 0 radical (unpaired) electrons. The van der Waals surface area contributed by atoms with Gasteiger partial charge >= 0.3 is 0 Å². The summed E-state index contributed by atoms with van der Waals surface area (Å²) in [5.74, 6) is -0.474. The number of nitro groups is 1. The Morgan fingerprint density at radius 1 is 1.35 bits per heavy atom. The Labute approximate surface area is 117 Å². The molecule has 0 bridgehead atoms. The molecule has 110 valence electrons. The third-order valence-electron chi connectivity index (χ3n) is 3.49. The lowest BCUT2D eigenvalue weighted by atomic mass is 10.2. The molecule has 0 aromatic heterocycles. The Hall–Kier alpha value is -1.73. The fourth-order valence-corrected chi connectivity index (χ4v) is 2.23. The van der Waals surface area contributed by atoms with Gasteiger partial charge in [-0.2, -0.15) is 0 Å². The van der Waals surface area contributed by atoms with Crippen molar-refractivity contribution in [3.05, 3.63) is 34.1 Å². The van der Waals surface area contributed by atoms with Crippen LogP contribution in [0.3, 0.4) is 0 Å². The number of nitrogens with zero attached hydrogens (tertiary/aromatic N) is 3. The Balaban J connectivity index is 1.87. The average molecular weight is 282 g/mol. The van der Waals surface area contributed by atoms with Gasteiger partial charge in [0.25, 0.3) is 5.69 Å². The minimum Gasteiger partial charge on any atom is -0.378 e. The molecule has 1 aromatic carbocycles. The minimum atomic E-state index is -0.502. The molecule has 1 aliphatic heterocycles. The second kappa shape index (κ2) is 6.62. The van der Waals surface area contributed by atoms with Crippen LogP contribution in [0.15, 0.2) is 18.2 Å². The first-order valence-electron chi connectivity index (χ1n) is 6.65. The van der Waals surface area contributed by atoms with E-state index < -0.39 is 10.7 Å². The highest BCUT2D eigenvalue weighted by atomic mass is 19.1.